The van der Waals surface area contributed by atoms with Gasteiger partial charge in [-0.15, -0.1) is 0 Å². The first kappa shape index (κ1) is 15.5. The van der Waals surface area contributed by atoms with E-state index in [2.05, 4.69) is 29.8 Å². The summed E-state index contributed by atoms with van der Waals surface area (Å²) in [4.78, 5) is 22.3. The molecule has 1 saturated heterocycles. The maximum Gasteiger partial charge on any atom is 0.311 e. The van der Waals surface area contributed by atoms with Gasteiger partial charge in [-0.05, 0) is 25.8 Å². The molecular formula is C16H21N5O2. The molecule has 1 aliphatic heterocycles. The number of ether oxygens (including phenoxy) is 1. The van der Waals surface area contributed by atoms with E-state index in [-0.39, 0.29) is 12.4 Å². The van der Waals surface area contributed by atoms with E-state index in [4.69, 9.17) is 0 Å². The van der Waals surface area contributed by atoms with Crippen LogP contribution >= 0.6 is 0 Å². The average Bonchev–Trinajstić information content (AvgIpc) is 3.04. The van der Waals surface area contributed by atoms with E-state index in [1.54, 1.807) is 12.4 Å². The van der Waals surface area contributed by atoms with Gasteiger partial charge in [0.25, 0.3) is 0 Å². The van der Waals surface area contributed by atoms with Crippen LogP contribution in [0.15, 0.2) is 18.5 Å². The molecule has 122 valence electrons. The lowest BCUT2D eigenvalue weighted by Gasteiger charge is -2.32. The molecule has 0 unspecified atom stereocenters. The van der Waals surface area contributed by atoms with Crippen LogP contribution in [0.5, 0.6) is 0 Å². The molecule has 3 heterocycles. The zero-order valence-electron chi connectivity index (χ0n) is 13.5. The minimum atomic E-state index is -0.256. The van der Waals surface area contributed by atoms with Crippen LogP contribution in [0.1, 0.15) is 35.8 Å². The van der Waals surface area contributed by atoms with Crippen molar-refractivity contribution in [1.82, 2.24) is 20.2 Å². The van der Waals surface area contributed by atoms with Gasteiger partial charge < -0.3 is 9.64 Å². The maximum atomic E-state index is 11.3. The predicted octanol–water partition coefficient (Wildman–Crippen LogP) is 1.61. The van der Waals surface area contributed by atoms with Gasteiger partial charge in [0.15, 0.2) is 0 Å². The summed E-state index contributed by atoms with van der Waals surface area (Å²) in [6.07, 6.45) is 5.72. The Labute approximate surface area is 135 Å². The van der Waals surface area contributed by atoms with E-state index in [1.807, 2.05) is 13.0 Å². The summed E-state index contributed by atoms with van der Waals surface area (Å²) in [6, 6.07) is 1.98. The first-order valence-corrected chi connectivity index (χ1v) is 7.81. The number of carbonyl (C=O) groups excluding carboxylic acids is 1. The Bertz CT molecular complexity index is 677. The molecule has 0 aromatic carbocycles. The van der Waals surface area contributed by atoms with Crippen LogP contribution < -0.4 is 4.90 Å². The normalized spacial score (nSPS) is 15.7. The van der Waals surface area contributed by atoms with Gasteiger partial charge in [0, 0.05) is 37.1 Å². The second-order valence-electron chi connectivity index (χ2n) is 5.80. The highest BCUT2D eigenvalue weighted by atomic mass is 16.5. The van der Waals surface area contributed by atoms with Crippen LogP contribution in [0.3, 0.4) is 0 Å². The topological polar surface area (TPSA) is 84.0 Å². The van der Waals surface area contributed by atoms with Crippen molar-refractivity contribution in [3.63, 3.8) is 0 Å². The van der Waals surface area contributed by atoms with Gasteiger partial charge in [-0.1, -0.05) is 0 Å². The molecule has 1 aliphatic rings. The van der Waals surface area contributed by atoms with Gasteiger partial charge >= 0.3 is 5.97 Å². The van der Waals surface area contributed by atoms with E-state index in [0.717, 1.165) is 48.8 Å². The molecule has 0 amide bonds. The molecule has 0 spiro atoms. The number of carbonyl (C=O) groups is 1. The number of nitrogens with one attached hydrogen (secondary N) is 1. The monoisotopic (exact) mass is 315 g/mol. The molecule has 2 aromatic heterocycles. The van der Waals surface area contributed by atoms with Crippen LogP contribution in [0.4, 0.5) is 5.82 Å². The highest BCUT2D eigenvalue weighted by Gasteiger charge is 2.24. The van der Waals surface area contributed by atoms with Crippen LogP contribution in [0, 0.1) is 6.92 Å². The lowest BCUT2D eigenvalue weighted by atomic mass is 9.93. The third-order valence-corrected chi connectivity index (χ3v) is 4.28. The van der Waals surface area contributed by atoms with Gasteiger partial charge in [-0.25, -0.2) is 4.98 Å². The zero-order valence-corrected chi connectivity index (χ0v) is 13.5. The van der Waals surface area contributed by atoms with E-state index in [0.29, 0.717) is 5.92 Å². The third kappa shape index (κ3) is 3.49. The number of aromatic nitrogens is 4. The highest BCUT2D eigenvalue weighted by molar-refractivity contribution is 5.71. The average molecular weight is 315 g/mol. The van der Waals surface area contributed by atoms with Crippen molar-refractivity contribution in [1.29, 1.82) is 0 Å². The summed E-state index contributed by atoms with van der Waals surface area (Å²) >= 11 is 0. The molecule has 0 saturated carbocycles. The van der Waals surface area contributed by atoms with E-state index in [9.17, 15) is 4.79 Å². The smallest absolute Gasteiger partial charge is 0.311 e. The second-order valence-corrected chi connectivity index (χ2v) is 5.80. The van der Waals surface area contributed by atoms with E-state index in [1.165, 1.54) is 7.11 Å². The fraction of sp³-hybridized carbons (Fsp3) is 0.500. The molecule has 0 atom stereocenters. The Hall–Kier alpha value is -2.44. The standard InChI is InChI=1S/C16H21N5O2/c1-11-16(18-6-5-17-11)21-7-3-12(4-8-21)14-9-13(19-20-14)10-15(22)23-2/h5-6,9,12H,3-4,7-8,10H2,1-2H3,(H,19,20). The van der Waals surface area contributed by atoms with Gasteiger partial charge in [0.1, 0.15) is 5.82 Å². The predicted molar refractivity (Wildman–Crippen MR) is 85.3 cm³/mol. The molecular weight excluding hydrogens is 294 g/mol. The molecule has 0 aliphatic carbocycles. The fourth-order valence-electron chi connectivity index (χ4n) is 3.00. The fourth-order valence-corrected chi connectivity index (χ4v) is 3.00. The summed E-state index contributed by atoms with van der Waals surface area (Å²) in [5, 5.41) is 7.30. The molecule has 7 heteroatoms. The van der Waals surface area contributed by atoms with Crippen molar-refractivity contribution in [2.75, 3.05) is 25.1 Å². The number of aromatic amines is 1. The summed E-state index contributed by atoms with van der Waals surface area (Å²) in [5.41, 5.74) is 2.80. The van der Waals surface area contributed by atoms with Crippen molar-refractivity contribution in [3.8, 4) is 0 Å². The summed E-state index contributed by atoms with van der Waals surface area (Å²) in [7, 11) is 1.39. The van der Waals surface area contributed by atoms with Gasteiger partial charge in [0.2, 0.25) is 0 Å². The number of hydrogen-bond donors (Lipinski definition) is 1. The maximum absolute atomic E-state index is 11.3. The second kappa shape index (κ2) is 6.76. The van der Waals surface area contributed by atoms with Crippen LogP contribution in [-0.2, 0) is 16.0 Å². The molecule has 0 bridgehead atoms. The van der Waals surface area contributed by atoms with Gasteiger partial charge in [-0.3, -0.25) is 14.9 Å². The van der Waals surface area contributed by atoms with Crippen molar-refractivity contribution < 1.29 is 9.53 Å². The lowest BCUT2D eigenvalue weighted by molar-refractivity contribution is -0.139. The number of piperidine rings is 1. The summed E-state index contributed by atoms with van der Waals surface area (Å²) < 4.78 is 4.68. The van der Waals surface area contributed by atoms with Crippen molar-refractivity contribution in [2.24, 2.45) is 0 Å². The number of H-pyrrole nitrogens is 1. The van der Waals surface area contributed by atoms with E-state index >= 15 is 0 Å². The van der Waals surface area contributed by atoms with Crippen LogP contribution in [0.2, 0.25) is 0 Å². The number of hydrogen-bond acceptors (Lipinski definition) is 6. The number of aryl methyl sites for hydroxylation is 1. The van der Waals surface area contributed by atoms with Crippen molar-refractivity contribution in [3.05, 3.63) is 35.5 Å². The largest absolute Gasteiger partial charge is 0.469 e. The molecule has 3 rings (SSSR count). The van der Waals surface area contributed by atoms with Gasteiger partial charge in [0.05, 0.1) is 24.9 Å². The molecule has 7 nitrogen and oxygen atoms in total. The van der Waals surface area contributed by atoms with E-state index < -0.39 is 0 Å². The Kier molecular flexibility index (Phi) is 4.55. The third-order valence-electron chi connectivity index (χ3n) is 4.28. The van der Waals surface area contributed by atoms with Crippen molar-refractivity contribution in [2.45, 2.75) is 32.1 Å². The first-order chi connectivity index (χ1) is 11.2. The number of nitrogens with zero attached hydrogens (tertiary/aromatic N) is 4. The molecule has 0 radical (unpaired) electrons. The highest BCUT2D eigenvalue weighted by Crippen LogP contribution is 2.29. The quantitative estimate of drug-likeness (QED) is 0.863. The Morgan fingerprint density at radius 2 is 2.09 bits per heavy atom. The zero-order chi connectivity index (χ0) is 16.2. The number of methoxy groups -OCH3 is 1. The minimum absolute atomic E-state index is 0.237. The number of esters is 1. The van der Waals surface area contributed by atoms with Crippen LogP contribution in [-0.4, -0.2) is 46.3 Å². The van der Waals surface area contributed by atoms with Gasteiger partial charge in [-0.2, -0.15) is 5.10 Å². The number of anilines is 1. The number of rotatable bonds is 4. The minimum Gasteiger partial charge on any atom is -0.469 e. The summed E-state index contributed by atoms with van der Waals surface area (Å²) in [5.74, 6) is 1.12. The molecule has 1 fully saturated rings. The molecule has 23 heavy (non-hydrogen) atoms. The molecule has 1 N–H and O–H groups in total. The Morgan fingerprint density at radius 1 is 1.35 bits per heavy atom. The molecule has 2 aromatic rings. The lowest BCUT2D eigenvalue weighted by Crippen LogP contribution is -2.34. The Balaban J connectivity index is 1.61. The van der Waals surface area contributed by atoms with Crippen LogP contribution in [0.25, 0.3) is 0 Å². The SMILES string of the molecule is COC(=O)Cc1cc(C2CCN(c3nccnc3C)CC2)n[nH]1. The van der Waals surface area contributed by atoms with Crippen molar-refractivity contribution >= 4 is 11.8 Å². The Morgan fingerprint density at radius 3 is 2.78 bits per heavy atom. The first-order valence-electron chi connectivity index (χ1n) is 7.81. The summed E-state index contributed by atoms with van der Waals surface area (Å²) in [6.45, 7) is 3.86.